The van der Waals surface area contributed by atoms with Crippen LogP contribution in [0.1, 0.15) is 31.1 Å². The molecule has 0 aliphatic carbocycles. The maximum atomic E-state index is 12.5. The molecule has 1 aliphatic rings. The highest BCUT2D eigenvalue weighted by Gasteiger charge is 2.23. The summed E-state index contributed by atoms with van der Waals surface area (Å²) >= 11 is 0. The highest BCUT2D eigenvalue weighted by Crippen LogP contribution is 2.27. The molecule has 3 rings (SSSR count). The number of hydrogen-bond donors (Lipinski definition) is 1. The molecule has 1 aliphatic heterocycles. The van der Waals surface area contributed by atoms with E-state index in [1.807, 2.05) is 37.3 Å². The Morgan fingerprint density at radius 3 is 2.65 bits per heavy atom. The number of benzene rings is 1. The molecule has 1 N–H and O–H groups in total. The van der Waals surface area contributed by atoms with Gasteiger partial charge in [-0.25, -0.2) is 13.1 Å². The van der Waals surface area contributed by atoms with E-state index in [0.29, 0.717) is 25.9 Å². The van der Waals surface area contributed by atoms with E-state index in [9.17, 15) is 13.2 Å². The first kappa shape index (κ1) is 18.7. The van der Waals surface area contributed by atoms with Crippen LogP contribution < -0.4 is 4.72 Å². The Kier molecular flexibility index (Phi) is 5.48. The number of sulfonamides is 1. The van der Waals surface area contributed by atoms with Crippen LogP contribution in [0.2, 0.25) is 0 Å². The van der Waals surface area contributed by atoms with Crippen LogP contribution >= 0.6 is 0 Å². The predicted octanol–water partition coefficient (Wildman–Crippen LogP) is 2.55. The van der Waals surface area contributed by atoms with Gasteiger partial charge in [-0.15, -0.1) is 0 Å². The number of rotatable bonds is 5. The summed E-state index contributed by atoms with van der Waals surface area (Å²) in [4.78, 5) is 14.2. The van der Waals surface area contributed by atoms with Gasteiger partial charge in [0.2, 0.25) is 15.9 Å². The predicted molar refractivity (Wildman–Crippen MR) is 102 cm³/mol. The Morgan fingerprint density at radius 1 is 1.31 bits per heavy atom. The van der Waals surface area contributed by atoms with Gasteiger partial charge in [0, 0.05) is 42.6 Å². The van der Waals surface area contributed by atoms with Gasteiger partial charge < -0.3 is 9.32 Å². The summed E-state index contributed by atoms with van der Waals surface area (Å²) in [7, 11) is -3.21. The molecule has 0 unspecified atom stereocenters. The van der Waals surface area contributed by atoms with Crippen LogP contribution in [0.3, 0.4) is 0 Å². The van der Waals surface area contributed by atoms with E-state index >= 15 is 0 Å². The molecular formula is C19H24N2O4S. The van der Waals surface area contributed by atoms with Crippen LogP contribution in [0.25, 0.3) is 17.0 Å². The average Bonchev–Trinajstić information content (AvgIpc) is 2.96. The molecule has 2 aromatic rings. The molecule has 0 bridgehead atoms. The van der Waals surface area contributed by atoms with Crippen molar-refractivity contribution in [3.05, 3.63) is 41.7 Å². The Labute approximate surface area is 153 Å². The normalized spacial score (nSPS) is 16.6. The number of amides is 1. The molecule has 7 heteroatoms. The van der Waals surface area contributed by atoms with Gasteiger partial charge in [0.15, 0.2) is 0 Å². The van der Waals surface area contributed by atoms with E-state index in [1.165, 1.54) is 0 Å². The van der Waals surface area contributed by atoms with Crippen molar-refractivity contribution in [1.29, 1.82) is 0 Å². The summed E-state index contributed by atoms with van der Waals surface area (Å²) in [6.45, 7) is 3.11. The Morgan fingerprint density at radius 2 is 2.00 bits per heavy atom. The first-order valence-corrected chi connectivity index (χ1v) is 10.7. The third-order valence-corrected chi connectivity index (χ3v) is 5.37. The monoisotopic (exact) mass is 376 g/mol. The van der Waals surface area contributed by atoms with Crippen molar-refractivity contribution in [2.45, 2.75) is 32.2 Å². The third-order valence-electron chi connectivity index (χ3n) is 4.61. The van der Waals surface area contributed by atoms with Crippen molar-refractivity contribution >= 4 is 33.0 Å². The maximum Gasteiger partial charge on any atom is 0.246 e. The molecule has 0 spiro atoms. The molecule has 1 aromatic heterocycles. The number of nitrogens with zero attached hydrogens (tertiary/aromatic N) is 1. The number of carbonyl (C=O) groups excluding carboxylic acids is 1. The fourth-order valence-electron chi connectivity index (χ4n) is 3.34. The molecule has 6 nitrogen and oxygen atoms in total. The smallest absolute Gasteiger partial charge is 0.246 e. The van der Waals surface area contributed by atoms with Crippen molar-refractivity contribution in [3.63, 3.8) is 0 Å². The number of carbonyl (C=O) groups is 1. The van der Waals surface area contributed by atoms with Gasteiger partial charge in [-0.1, -0.05) is 25.1 Å². The zero-order valence-electron chi connectivity index (χ0n) is 15.1. The Balaban J connectivity index is 1.68. The molecule has 1 fully saturated rings. The molecule has 0 atom stereocenters. The lowest BCUT2D eigenvalue weighted by atomic mass is 10.1. The molecular weight excluding hydrogens is 352 g/mol. The highest BCUT2D eigenvalue weighted by atomic mass is 32.2. The highest BCUT2D eigenvalue weighted by molar-refractivity contribution is 7.88. The molecule has 26 heavy (non-hydrogen) atoms. The fraction of sp³-hybridized carbons (Fsp3) is 0.421. The van der Waals surface area contributed by atoms with Crippen molar-refractivity contribution in [1.82, 2.24) is 9.62 Å². The summed E-state index contributed by atoms with van der Waals surface area (Å²) in [5, 5.41) is 1.00. The molecule has 0 radical (unpaired) electrons. The SMILES string of the molecule is CCc1oc2ccccc2c1C=CC(=O)N1CCC(NS(C)(=O)=O)CC1. The standard InChI is InChI=1S/C19H24N2O4S/c1-3-17-16(15-6-4-5-7-18(15)25-17)8-9-19(22)21-12-10-14(11-13-21)20-26(2,23)24/h4-9,14,20H,3,10-13H2,1-2H3. The molecule has 1 amide bonds. The topological polar surface area (TPSA) is 79.6 Å². The van der Waals surface area contributed by atoms with E-state index in [0.717, 1.165) is 35.0 Å². The fourth-order valence-corrected chi connectivity index (χ4v) is 4.18. The quantitative estimate of drug-likeness (QED) is 0.814. The van der Waals surface area contributed by atoms with E-state index in [4.69, 9.17) is 4.42 Å². The summed E-state index contributed by atoms with van der Waals surface area (Å²) in [6, 6.07) is 7.70. The van der Waals surface area contributed by atoms with Crippen LogP contribution in [0.4, 0.5) is 0 Å². The van der Waals surface area contributed by atoms with Gasteiger partial charge >= 0.3 is 0 Å². The van der Waals surface area contributed by atoms with Crippen LogP contribution in [0, 0.1) is 0 Å². The van der Waals surface area contributed by atoms with Crippen LogP contribution in [0.5, 0.6) is 0 Å². The number of fused-ring (bicyclic) bond motifs is 1. The molecule has 140 valence electrons. The zero-order chi connectivity index (χ0) is 18.7. The largest absolute Gasteiger partial charge is 0.460 e. The van der Waals surface area contributed by atoms with Crippen molar-refractivity contribution < 1.29 is 17.6 Å². The van der Waals surface area contributed by atoms with Gasteiger partial charge in [0.1, 0.15) is 11.3 Å². The number of piperidine rings is 1. The van der Waals surface area contributed by atoms with Crippen LogP contribution in [-0.4, -0.2) is 44.6 Å². The average molecular weight is 376 g/mol. The van der Waals surface area contributed by atoms with Crippen LogP contribution in [0.15, 0.2) is 34.8 Å². The van der Waals surface area contributed by atoms with E-state index in [2.05, 4.69) is 4.72 Å². The van der Waals surface area contributed by atoms with Crippen molar-refractivity contribution in [2.24, 2.45) is 0 Å². The molecule has 0 saturated carbocycles. The lowest BCUT2D eigenvalue weighted by Crippen LogP contribution is -2.45. The van der Waals surface area contributed by atoms with Crippen LogP contribution in [-0.2, 0) is 21.2 Å². The number of para-hydroxylation sites is 1. The molecule has 1 aromatic carbocycles. The zero-order valence-corrected chi connectivity index (χ0v) is 15.9. The van der Waals surface area contributed by atoms with Crippen molar-refractivity contribution in [2.75, 3.05) is 19.3 Å². The lowest BCUT2D eigenvalue weighted by molar-refractivity contribution is -0.126. The number of aryl methyl sites for hydroxylation is 1. The second kappa shape index (κ2) is 7.63. The number of hydrogen-bond acceptors (Lipinski definition) is 4. The number of likely N-dealkylation sites (tertiary alicyclic amines) is 1. The summed E-state index contributed by atoms with van der Waals surface area (Å²) in [5.74, 6) is 0.807. The summed E-state index contributed by atoms with van der Waals surface area (Å²) in [6.07, 6.45) is 6.58. The van der Waals surface area contributed by atoms with E-state index in [1.54, 1.807) is 11.0 Å². The lowest BCUT2D eigenvalue weighted by Gasteiger charge is -2.31. The molecule has 1 saturated heterocycles. The summed E-state index contributed by atoms with van der Waals surface area (Å²) in [5.41, 5.74) is 1.77. The number of furan rings is 1. The van der Waals surface area contributed by atoms with Gasteiger partial charge in [-0.3, -0.25) is 4.79 Å². The Bertz CT molecular complexity index is 922. The first-order chi connectivity index (χ1) is 12.4. The van der Waals surface area contributed by atoms with E-state index < -0.39 is 10.0 Å². The van der Waals surface area contributed by atoms with Gasteiger partial charge in [0.25, 0.3) is 0 Å². The second-order valence-corrected chi connectivity index (χ2v) is 8.39. The third kappa shape index (κ3) is 4.34. The van der Waals surface area contributed by atoms with Gasteiger partial charge in [-0.05, 0) is 25.0 Å². The number of nitrogens with one attached hydrogen (secondary N) is 1. The van der Waals surface area contributed by atoms with Gasteiger partial charge in [-0.2, -0.15) is 0 Å². The second-order valence-electron chi connectivity index (χ2n) is 6.61. The minimum Gasteiger partial charge on any atom is -0.460 e. The van der Waals surface area contributed by atoms with Crippen molar-refractivity contribution in [3.8, 4) is 0 Å². The maximum absolute atomic E-state index is 12.5. The van der Waals surface area contributed by atoms with Gasteiger partial charge in [0.05, 0.1) is 6.26 Å². The first-order valence-electron chi connectivity index (χ1n) is 8.82. The molecule has 2 heterocycles. The van der Waals surface area contributed by atoms with E-state index in [-0.39, 0.29) is 11.9 Å². The minimum atomic E-state index is -3.21. The summed E-state index contributed by atoms with van der Waals surface area (Å²) < 4.78 is 31.1. The Hall–Kier alpha value is -2.12. The minimum absolute atomic E-state index is 0.0601.